The Morgan fingerprint density at radius 3 is 1.26 bits per heavy atom. The third-order valence-electron chi connectivity index (χ3n) is 6.44. The zero-order chi connectivity index (χ0) is 27.1. The van der Waals surface area contributed by atoms with Gasteiger partial charge in [-0.15, -0.1) is 0 Å². The minimum Gasteiger partial charge on any atom is -0.507 e. The fourth-order valence-electron chi connectivity index (χ4n) is 4.31. The maximum atomic E-state index is 13.0. The summed E-state index contributed by atoms with van der Waals surface area (Å²) in [6.07, 6.45) is 0.906. The molecule has 0 aliphatic rings. The first-order chi connectivity index (χ1) is 15.6. The molecule has 0 bridgehead atoms. The number of carbonyl (C=O) groups excluding carboxylic acids is 1. The van der Waals surface area contributed by atoms with Gasteiger partial charge in [-0.2, -0.15) is 0 Å². The van der Waals surface area contributed by atoms with Gasteiger partial charge in [-0.1, -0.05) is 95.2 Å². The molecule has 2 rings (SSSR count). The van der Waals surface area contributed by atoms with Crippen molar-refractivity contribution in [1.82, 2.24) is 0 Å². The molecule has 0 aliphatic heterocycles. The number of anilines is 1. The van der Waals surface area contributed by atoms with E-state index in [4.69, 9.17) is 0 Å². The van der Waals surface area contributed by atoms with Crippen LogP contribution in [-0.4, -0.2) is 16.1 Å². The quantitative estimate of drug-likeness (QED) is 0.389. The molecule has 4 heteroatoms. The van der Waals surface area contributed by atoms with Crippen LogP contribution in [0.25, 0.3) is 0 Å². The molecule has 0 aromatic heterocycles. The largest absolute Gasteiger partial charge is 0.507 e. The zero-order valence-corrected chi connectivity index (χ0v) is 24.0. The predicted octanol–water partition coefficient (Wildman–Crippen LogP) is 7.86. The summed E-state index contributed by atoms with van der Waals surface area (Å²) in [6, 6.07) is 7.85. The number of amides is 1. The highest BCUT2D eigenvalue weighted by atomic mass is 16.3. The zero-order valence-electron chi connectivity index (χ0n) is 24.0. The van der Waals surface area contributed by atoms with Crippen molar-refractivity contribution in [2.24, 2.45) is 0 Å². The van der Waals surface area contributed by atoms with Gasteiger partial charge >= 0.3 is 0 Å². The number of benzene rings is 2. The van der Waals surface area contributed by atoms with Crippen LogP contribution in [0.4, 0.5) is 5.69 Å². The van der Waals surface area contributed by atoms with E-state index < -0.39 is 0 Å². The number of hydrogen-bond acceptors (Lipinski definition) is 3. The van der Waals surface area contributed by atoms with Crippen molar-refractivity contribution in [3.8, 4) is 11.5 Å². The molecule has 35 heavy (non-hydrogen) atoms. The van der Waals surface area contributed by atoms with Gasteiger partial charge in [-0.05, 0) is 56.9 Å². The van der Waals surface area contributed by atoms with E-state index in [2.05, 4.69) is 88.4 Å². The normalized spacial score (nSPS) is 13.1. The first-order valence-electron chi connectivity index (χ1n) is 12.7. The second-order valence-corrected chi connectivity index (χ2v) is 14.0. The lowest BCUT2D eigenvalue weighted by molar-refractivity contribution is -0.116. The monoisotopic (exact) mass is 481 g/mol. The van der Waals surface area contributed by atoms with Crippen LogP contribution in [0.2, 0.25) is 0 Å². The summed E-state index contributed by atoms with van der Waals surface area (Å²) in [5.41, 5.74) is 4.28. The van der Waals surface area contributed by atoms with Gasteiger partial charge in [0, 0.05) is 23.2 Å². The topological polar surface area (TPSA) is 69.6 Å². The molecule has 0 fully saturated rings. The van der Waals surface area contributed by atoms with E-state index in [1.165, 1.54) is 0 Å². The van der Waals surface area contributed by atoms with Crippen molar-refractivity contribution in [3.63, 3.8) is 0 Å². The Morgan fingerprint density at radius 2 is 0.943 bits per heavy atom. The van der Waals surface area contributed by atoms with E-state index in [1.807, 2.05) is 24.3 Å². The molecular formula is C31H47NO3. The molecule has 4 nitrogen and oxygen atoms in total. The van der Waals surface area contributed by atoms with Crippen LogP contribution in [-0.2, 0) is 32.9 Å². The molecule has 3 N–H and O–H groups in total. The number of nitrogens with one attached hydrogen (secondary N) is 1. The summed E-state index contributed by atoms with van der Waals surface area (Å²) < 4.78 is 0. The van der Waals surface area contributed by atoms with Crippen LogP contribution in [0.1, 0.15) is 117 Å². The molecule has 2 aromatic carbocycles. The summed E-state index contributed by atoms with van der Waals surface area (Å²) in [6.45, 7) is 24.9. The maximum Gasteiger partial charge on any atom is 0.224 e. The van der Waals surface area contributed by atoms with Crippen LogP contribution in [0, 0.1) is 0 Å². The average Bonchev–Trinajstić information content (AvgIpc) is 2.64. The van der Waals surface area contributed by atoms with E-state index in [0.717, 1.165) is 27.8 Å². The Balaban J connectivity index is 2.35. The molecule has 0 saturated carbocycles. The summed E-state index contributed by atoms with van der Waals surface area (Å²) >= 11 is 0. The molecule has 1 amide bonds. The van der Waals surface area contributed by atoms with Crippen molar-refractivity contribution in [2.75, 3.05) is 5.32 Å². The Kier molecular flexibility index (Phi) is 7.82. The van der Waals surface area contributed by atoms with E-state index in [9.17, 15) is 15.0 Å². The molecular weight excluding hydrogens is 434 g/mol. The summed E-state index contributed by atoms with van der Waals surface area (Å²) in [5.74, 6) is 0.585. The van der Waals surface area contributed by atoms with Gasteiger partial charge < -0.3 is 15.5 Å². The molecule has 0 radical (unpaired) electrons. The minimum atomic E-state index is -0.260. The molecule has 2 aromatic rings. The molecule has 0 unspecified atom stereocenters. The molecule has 0 spiro atoms. The number of rotatable bonds is 4. The lowest BCUT2D eigenvalue weighted by Gasteiger charge is -2.28. The lowest BCUT2D eigenvalue weighted by Crippen LogP contribution is -2.20. The summed E-state index contributed by atoms with van der Waals surface area (Å²) in [5, 5.41) is 25.0. The van der Waals surface area contributed by atoms with E-state index in [0.29, 0.717) is 30.0 Å². The van der Waals surface area contributed by atoms with Crippen LogP contribution < -0.4 is 5.32 Å². The second kappa shape index (κ2) is 9.52. The first kappa shape index (κ1) is 28.7. The van der Waals surface area contributed by atoms with E-state index in [1.54, 1.807) is 0 Å². The van der Waals surface area contributed by atoms with Crippen molar-refractivity contribution in [2.45, 2.75) is 118 Å². The van der Waals surface area contributed by atoms with Crippen molar-refractivity contribution in [3.05, 3.63) is 52.1 Å². The molecule has 194 valence electrons. The number of phenolic OH excluding ortho intramolecular Hbond substituents is 2. The average molecular weight is 482 g/mol. The highest BCUT2D eigenvalue weighted by molar-refractivity contribution is 5.91. The molecule has 0 atom stereocenters. The van der Waals surface area contributed by atoms with Crippen molar-refractivity contribution < 1.29 is 15.0 Å². The lowest BCUT2D eigenvalue weighted by atomic mass is 9.78. The minimum absolute atomic E-state index is 0.0712. The third-order valence-corrected chi connectivity index (χ3v) is 6.44. The van der Waals surface area contributed by atoms with E-state index >= 15 is 0 Å². The standard InChI is InChI=1S/C31H47NO3/c1-28(2,3)21-15-19(16-22(26(21)34)29(4,5)6)13-14-25(33)32-20-17-23(30(7,8)9)27(35)24(18-20)31(10,11)12/h15-18,34-35H,13-14H2,1-12H3,(H,32,33). The van der Waals surface area contributed by atoms with Gasteiger partial charge in [0.1, 0.15) is 11.5 Å². The van der Waals surface area contributed by atoms with Gasteiger partial charge in [-0.3, -0.25) is 4.79 Å². The van der Waals surface area contributed by atoms with Gasteiger partial charge in [0.2, 0.25) is 5.91 Å². The number of aromatic hydroxyl groups is 2. The van der Waals surface area contributed by atoms with Gasteiger partial charge in [-0.25, -0.2) is 0 Å². The summed E-state index contributed by atoms with van der Waals surface area (Å²) in [4.78, 5) is 13.0. The third kappa shape index (κ3) is 7.02. The van der Waals surface area contributed by atoms with Gasteiger partial charge in [0.25, 0.3) is 0 Å². The fourth-order valence-corrected chi connectivity index (χ4v) is 4.31. The maximum absolute atomic E-state index is 13.0. The van der Waals surface area contributed by atoms with Gasteiger partial charge in [0.05, 0.1) is 0 Å². The smallest absolute Gasteiger partial charge is 0.224 e. The molecule has 0 heterocycles. The Bertz CT molecular complexity index is 1010. The number of phenols is 2. The Hall–Kier alpha value is -2.49. The fraction of sp³-hybridized carbons (Fsp3) is 0.581. The van der Waals surface area contributed by atoms with E-state index in [-0.39, 0.29) is 27.6 Å². The number of hydrogen-bond donors (Lipinski definition) is 3. The highest BCUT2D eigenvalue weighted by Crippen LogP contribution is 2.42. The van der Waals surface area contributed by atoms with Crippen molar-refractivity contribution in [1.29, 1.82) is 0 Å². The molecule has 0 aliphatic carbocycles. The van der Waals surface area contributed by atoms with Crippen LogP contribution in [0.3, 0.4) is 0 Å². The van der Waals surface area contributed by atoms with Crippen LogP contribution in [0.5, 0.6) is 11.5 Å². The highest BCUT2D eigenvalue weighted by Gasteiger charge is 2.28. The second-order valence-electron chi connectivity index (χ2n) is 14.0. The van der Waals surface area contributed by atoms with Gasteiger partial charge in [0.15, 0.2) is 0 Å². The Labute approximate surface area is 213 Å². The SMILES string of the molecule is CC(C)(C)c1cc(CCC(=O)Nc2cc(C(C)(C)C)c(O)c(C(C)(C)C)c2)cc(C(C)(C)C)c1O. The van der Waals surface area contributed by atoms with Crippen LogP contribution in [0.15, 0.2) is 24.3 Å². The first-order valence-corrected chi connectivity index (χ1v) is 12.7. The number of carbonyl (C=O) groups is 1. The molecule has 0 saturated heterocycles. The summed E-state index contributed by atoms with van der Waals surface area (Å²) in [7, 11) is 0. The van der Waals surface area contributed by atoms with Crippen LogP contribution >= 0.6 is 0 Å². The van der Waals surface area contributed by atoms with Crippen molar-refractivity contribution >= 4 is 11.6 Å². The predicted molar refractivity (Wildman–Crippen MR) is 148 cm³/mol. The number of aryl methyl sites for hydroxylation is 1. The Morgan fingerprint density at radius 1 is 0.629 bits per heavy atom.